The Morgan fingerprint density at radius 1 is 1.30 bits per heavy atom. The van der Waals surface area contributed by atoms with Gasteiger partial charge in [0.25, 0.3) is 0 Å². The molecule has 0 spiro atoms. The number of alkyl halides is 3. The van der Waals surface area contributed by atoms with Crippen LogP contribution in [0.3, 0.4) is 0 Å². The molecule has 0 fully saturated rings. The quantitative estimate of drug-likeness (QED) is 0.888. The zero-order valence-corrected chi connectivity index (χ0v) is 10.2. The van der Waals surface area contributed by atoms with Crippen LogP contribution < -0.4 is 0 Å². The predicted octanol–water partition coefficient (Wildman–Crippen LogP) is 3.42. The lowest BCUT2D eigenvalue weighted by Crippen LogP contribution is -2.05. The Labute approximate surface area is 114 Å². The number of carboxylic acid groups (broad SMARTS) is 1. The summed E-state index contributed by atoms with van der Waals surface area (Å²) in [6, 6.07) is 2.45. The maximum absolute atomic E-state index is 12.7. The average Bonchev–Trinajstić information content (AvgIpc) is 2.79. The number of aromatic hydroxyl groups is 1. The lowest BCUT2D eigenvalue weighted by atomic mass is 10.1. The van der Waals surface area contributed by atoms with Gasteiger partial charge in [0.15, 0.2) is 11.5 Å². The average molecular weight is 308 g/mol. The molecule has 0 aliphatic heterocycles. The summed E-state index contributed by atoms with van der Waals surface area (Å²) in [6.07, 6.45) is -4.82. The summed E-state index contributed by atoms with van der Waals surface area (Å²) >= 11 is 5.56. The first kappa shape index (κ1) is 14.2. The van der Waals surface area contributed by atoms with Gasteiger partial charge in [0.2, 0.25) is 0 Å². The van der Waals surface area contributed by atoms with Crippen LogP contribution in [0.15, 0.2) is 22.7 Å². The van der Waals surface area contributed by atoms with Crippen molar-refractivity contribution in [3.8, 4) is 17.1 Å². The standard InChI is InChI=1S/C11H5ClF3NO4/c12-4-1-5(8-3-7(10(18)19)16-20-8)9(17)6(2-4)11(13,14)15/h1-3,17H,(H,18,19). The Hall–Kier alpha value is -2.22. The number of benzene rings is 1. The number of aromatic carboxylic acids is 1. The molecule has 0 bridgehead atoms. The maximum atomic E-state index is 12.7. The minimum atomic E-state index is -4.82. The Morgan fingerprint density at radius 3 is 2.45 bits per heavy atom. The number of halogens is 4. The summed E-state index contributed by atoms with van der Waals surface area (Å²) in [5.41, 5.74) is -2.26. The van der Waals surface area contributed by atoms with E-state index in [4.69, 9.17) is 16.7 Å². The second-order valence-electron chi connectivity index (χ2n) is 3.73. The number of carbonyl (C=O) groups is 1. The monoisotopic (exact) mass is 307 g/mol. The van der Waals surface area contributed by atoms with Crippen molar-refractivity contribution in [3.63, 3.8) is 0 Å². The molecule has 0 saturated carbocycles. The van der Waals surface area contributed by atoms with Crippen LogP contribution in [-0.4, -0.2) is 21.3 Å². The molecule has 5 nitrogen and oxygen atoms in total. The summed E-state index contributed by atoms with van der Waals surface area (Å²) < 4.78 is 42.7. The van der Waals surface area contributed by atoms with Gasteiger partial charge in [-0.25, -0.2) is 4.79 Å². The van der Waals surface area contributed by atoms with E-state index in [0.717, 1.165) is 12.1 Å². The molecule has 0 aliphatic rings. The van der Waals surface area contributed by atoms with E-state index in [2.05, 4.69) is 9.68 Å². The van der Waals surface area contributed by atoms with E-state index in [0.29, 0.717) is 6.07 Å². The molecular formula is C11H5ClF3NO4. The third kappa shape index (κ3) is 2.55. The van der Waals surface area contributed by atoms with Crippen molar-refractivity contribution >= 4 is 17.6 Å². The van der Waals surface area contributed by atoms with Crippen LogP contribution >= 0.6 is 11.6 Å². The van der Waals surface area contributed by atoms with Crippen LogP contribution in [0, 0.1) is 0 Å². The smallest absolute Gasteiger partial charge is 0.420 e. The first-order chi connectivity index (χ1) is 9.20. The molecule has 0 atom stereocenters. The number of aromatic nitrogens is 1. The van der Waals surface area contributed by atoms with Crippen molar-refractivity contribution < 1.29 is 32.7 Å². The summed E-state index contributed by atoms with van der Waals surface area (Å²) in [5.74, 6) is -2.87. The molecule has 2 rings (SSSR count). The minimum Gasteiger partial charge on any atom is -0.507 e. The van der Waals surface area contributed by atoms with E-state index in [1.165, 1.54) is 0 Å². The first-order valence-corrected chi connectivity index (χ1v) is 5.38. The molecule has 2 aromatic rings. The van der Waals surface area contributed by atoms with Crippen LogP contribution in [0.4, 0.5) is 13.2 Å². The van der Waals surface area contributed by atoms with Gasteiger partial charge >= 0.3 is 12.1 Å². The van der Waals surface area contributed by atoms with Gasteiger partial charge in [-0.15, -0.1) is 0 Å². The highest BCUT2D eigenvalue weighted by Crippen LogP contribution is 2.43. The van der Waals surface area contributed by atoms with Gasteiger partial charge < -0.3 is 14.7 Å². The predicted molar refractivity (Wildman–Crippen MR) is 60.6 cm³/mol. The van der Waals surface area contributed by atoms with E-state index in [1.54, 1.807) is 0 Å². The summed E-state index contributed by atoms with van der Waals surface area (Å²) in [7, 11) is 0. The van der Waals surface area contributed by atoms with Crippen molar-refractivity contribution in [1.29, 1.82) is 0 Å². The van der Waals surface area contributed by atoms with Gasteiger partial charge in [0.05, 0.1) is 11.1 Å². The van der Waals surface area contributed by atoms with Crippen LogP contribution in [0.1, 0.15) is 16.1 Å². The zero-order valence-electron chi connectivity index (χ0n) is 9.40. The van der Waals surface area contributed by atoms with Gasteiger partial charge in [-0.3, -0.25) is 0 Å². The van der Waals surface area contributed by atoms with Gasteiger partial charge in [0, 0.05) is 11.1 Å². The van der Waals surface area contributed by atoms with Crippen molar-refractivity contribution in [1.82, 2.24) is 5.16 Å². The maximum Gasteiger partial charge on any atom is 0.420 e. The van der Waals surface area contributed by atoms with Gasteiger partial charge in [-0.1, -0.05) is 16.8 Å². The second-order valence-corrected chi connectivity index (χ2v) is 4.17. The molecule has 0 amide bonds. The Kier molecular flexibility index (Phi) is 3.34. The third-order valence-corrected chi connectivity index (χ3v) is 2.59. The molecule has 20 heavy (non-hydrogen) atoms. The molecule has 9 heteroatoms. The van der Waals surface area contributed by atoms with Crippen LogP contribution in [0.25, 0.3) is 11.3 Å². The fourth-order valence-electron chi connectivity index (χ4n) is 1.51. The number of carboxylic acids is 1. The van der Waals surface area contributed by atoms with E-state index in [9.17, 15) is 23.1 Å². The number of phenols is 1. The molecule has 1 aromatic heterocycles. The topological polar surface area (TPSA) is 83.6 Å². The summed E-state index contributed by atoms with van der Waals surface area (Å²) in [5, 5.41) is 21.1. The first-order valence-electron chi connectivity index (χ1n) is 5.00. The molecular weight excluding hydrogens is 303 g/mol. The number of hydrogen-bond acceptors (Lipinski definition) is 4. The molecule has 0 saturated heterocycles. The highest BCUT2D eigenvalue weighted by molar-refractivity contribution is 6.31. The highest BCUT2D eigenvalue weighted by atomic mass is 35.5. The van der Waals surface area contributed by atoms with Gasteiger partial charge in [-0.2, -0.15) is 13.2 Å². The summed E-state index contributed by atoms with van der Waals surface area (Å²) in [4.78, 5) is 10.6. The van der Waals surface area contributed by atoms with Crippen LogP contribution in [0.2, 0.25) is 5.02 Å². The lowest BCUT2D eigenvalue weighted by molar-refractivity contribution is -0.138. The second kappa shape index (κ2) is 4.71. The third-order valence-electron chi connectivity index (χ3n) is 2.37. The fourth-order valence-corrected chi connectivity index (χ4v) is 1.72. The van der Waals surface area contributed by atoms with Crippen LogP contribution in [0.5, 0.6) is 5.75 Å². The van der Waals surface area contributed by atoms with Crippen molar-refractivity contribution in [2.24, 2.45) is 0 Å². The van der Waals surface area contributed by atoms with Gasteiger partial charge in [0.1, 0.15) is 5.75 Å². The van der Waals surface area contributed by atoms with Crippen molar-refractivity contribution in [2.45, 2.75) is 6.18 Å². The Bertz CT molecular complexity index is 681. The normalized spacial score (nSPS) is 11.6. The Morgan fingerprint density at radius 2 is 1.95 bits per heavy atom. The van der Waals surface area contributed by atoms with E-state index in [-0.39, 0.29) is 10.8 Å². The molecule has 1 aromatic carbocycles. The number of hydrogen-bond donors (Lipinski definition) is 2. The summed E-state index contributed by atoms with van der Waals surface area (Å²) in [6.45, 7) is 0. The highest BCUT2D eigenvalue weighted by Gasteiger charge is 2.36. The molecule has 2 N–H and O–H groups in total. The van der Waals surface area contributed by atoms with Crippen molar-refractivity contribution in [3.05, 3.63) is 34.5 Å². The minimum absolute atomic E-state index is 0.293. The molecule has 106 valence electrons. The molecule has 0 radical (unpaired) electrons. The van der Waals surface area contributed by atoms with E-state index >= 15 is 0 Å². The van der Waals surface area contributed by atoms with E-state index < -0.39 is 34.7 Å². The van der Waals surface area contributed by atoms with Gasteiger partial charge in [-0.05, 0) is 12.1 Å². The molecule has 0 unspecified atom stereocenters. The lowest BCUT2D eigenvalue weighted by Gasteiger charge is -2.11. The molecule has 1 heterocycles. The fraction of sp³-hybridized carbons (Fsp3) is 0.0909. The van der Waals surface area contributed by atoms with Crippen molar-refractivity contribution in [2.75, 3.05) is 0 Å². The largest absolute Gasteiger partial charge is 0.507 e. The SMILES string of the molecule is O=C(O)c1cc(-c2cc(Cl)cc(C(F)(F)F)c2O)on1. The number of nitrogens with zero attached hydrogens (tertiary/aromatic N) is 1. The Balaban J connectivity index is 2.62. The zero-order chi connectivity index (χ0) is 15.1. The van der Waals surface area contributed by atoms with Crippen LogP contribution in [-0.2, 0) is 6.18 Å². The van der Waals surface area contributed by atoms with E-state index in [1.807, 2.05) is 0 Å². The molecule has 0 aliphatic carbocycles. The number of rotatable bonds is 2. The number of phenolic OH excluding ortho intramolecular Hbond substituents is 1.